The van der Waals surface area contributed by atoms with Crippen molar-refractivity contribution in [1.82, 2.24) is 5.43 Å². The summed E-state index contributed by atoms with van der Waals surface area (Å²) in [4.78, 5) is 21.2. The third kappa shape index (κ3) is 3.45. The molecule has 0 spiro atoms. The van der Waals surface area contributed by atoms with Gasteiger partial charge in [-0.25, -0.2) is 5.43 Å². The van der Waals surface area contributed by atoms with E-state index in [1.807, 2.05) is 5.43 Å². The lowest BCUT2D eigenvalue weighted by Gasteiger charge is -2.05. The molecule has 0 bridgehead atoms. The lowest BCUT2D eigenvalue weighted by atomic mass is 10.2. The number of methoxy groups -OCH3 is 1. The van der Waals surface area contributed by atoms with Gasteiger partial charge >= 0.3 is 11.8 Å². The smallest absolute Gasteiger partial charge is 0.329 e. The van der Waals surface area contributed by atoms with Gasteiger partial charge in [0.05, 0.1) is 13.3 Å². The number of benzene rings is 1. The fourth-order valence-electron chi connectivity index (χ4n) is 1.04. The first kappa shape index (κ1) is 14.0. The van der Waals surface area contributed by atoms with Crippen LogP contribution in [0.15, 0.2) is 21.7 Å². The Bertz CT molecular complexity index is 516. The van der Waals surface area contributed by atoms with Crippen LogP contribution in [0.2, 0.25) is 0 Å². The summed E-state index contributed by atoms with van der Waals surface area (Å²) in [7, 11) is 1.42. The van der Waals surface area contributed by atoms with Crippen LogP contribution in [0.3, 0.4) is 0 Å². The molecule has 0 saturated carbocycles. The zero-order valence-electron chi connectivity index (χ0n) is 9.31. The molecule has 1 rings (SSSR count). The number of primary amides is 1. The molecule has 0 aromatic heterocycles. The van der Waals surface area contributed by atoms with E-state index >= 15 is 0 Å². The molecule has 0 saturated heterocycles. The topological polar surface area (TPSA) is 114 Å². The second-order valence-corrected chi connectivity index (χ2v) is 3.96. The van der Waals surface area contributed by atoms with E-state index in [4.69, 9.17) is 10.5 Å². The number of halogens is 1. The average molecular weight is 316 g/mol. The summed E-state index contributed by atoms with van der Waals surface area (Å²) >= 11 is 3.23. The predicted octanol–water partition coefficient (Wildman–Crippen LogP) is 0.0987. The minimum absolute atomic E-state index is 0.0802. The predicted molar refractivity (Wildman–Crippen MR) is 67.3 cm³/mol. The van der Waals surface area contributed by atoms with Crippen molar-refractivity contribution in [3.05, 3.63) is 22.2 Å². The summed E-state index contributed by atoms with van der Waals surface area (Å²) in [6.07, 6.45) is 1.24. The Morgan fingerprint density at radius 2 is 2.22 bits per heavy atom. The Hall–Kier alpha value is -2.09. The number of hydrogen-bond donors (Lipinski definition) is 3. The van der Waals surface area contributed by atoms with Crippen molar-refractivity contribution in [2.24, 2.45) is 10.8 Å². The van der Waals surface area contributed by atoms with Crippen molar-refractivity contribution in [3.63, 3.8) is 0 Å². The van der Waals surface area contributed by atoms with E-state index in [1.54, 1.807) is 0 Å². The zero-order chi connectivity index (χ0) is 13.7. The van der Waals surface area contributed by atoms with E-state index in [1.165, 1.54) is 25.5 Å². The summed E-state index contributed by atoms with van der Waals surface area (Å²) in [6.45, 7) is 0. The number of nitrogens with two attached hydrogens (primary N) is 1. The van der Waals surface area contributed by atoms with Gasteiger partial charge in [0.25, 0.3) is 0 Å². The fourth-order valence-corrected chi connectivity index (χ4v) is 1.46. The van der Waals surface area contributed by atoms with Crippen LogP contribution < -0.4 is 15.9 Å². The normalized spacial score (nSPS) is 10.3. The van der Waals surface area contributed by atoms with Crippen molar-refractivity contribution in [2.45, 2.75) is 0 Å². The molecule has 0 unspecified atom stereocenters. The second-order valence-electron chi connectivity index (χ2n) is 3.11. The first-order chi connectivity index (χ1) is 8.45. The summed E-state index contributed by atoms with van der Waals surface area (Å²) in [6, 6.07) is 2.91. The fraction of sp³-hybridized carbons (Fsp3) is 0.100. The number of carbonyl (C=O) groups is 2. The lowest BCUT2D eigenvalue weighted by Crippen LogP contribution is -2.32. The van der Waals surface area contributed by atoms with Gasteiger partial charge in [0, 0.05) is 10.0 Å². The number of phenols is 1. The minimum Gasteiger partial charge on any atom is -0.504 e. The molecule has 2 amide bonds. The van der Waals surface area contributed by atoms with Crippen molar-refractivity contribution < 1.29 is 19.4 Å². The molecule has 0 aliphatic heterocycles. The highest BCUT2D eigenvalue weighted by molar-refractivity contribution is 9.10. The highest BCUT2D eigenvalue weighted by Gasteiger charge is 2.08. The molecule has 0 aliphatic rings. The highest BCUT2D eigenvalue weighted by atomic mass is 79.9. The molecular formula is C10H10BrN3O4. The molecular weight excluding hydrogens is 306 g/mol. The summed E-state index contributed by atoms with van der Waals surface area (Å²) < 4.78 is 5.49. The molecule has 4 N–H and O–H groups in total. The molecule has 96 valence electrons. The minimum atomic E-state index is -1.14. The van der Waals surface area contributed by atoms with Crippen LogP contribution in [-0.2, 0) is 9.59 Å². The SMILES string of the molecule is COc1cc(Br)c(/C=N\NC(=O)C(N)=O)cc1O. The van der Waals surface area contributed by atoms with E-state index in [0.717, 1.165) is 0 Å². The van der Waals surface area contributed by atoms with Crippen LogP contribution in [0, 0.1) is 0 Å². The maximum atomic E-state index is 10.8. The second kappa shape index (κ2) is 6.01. The van der Waals surface area contributed by atoms with Gasteiger partial charge in [0.1, 0.15) is 0 Å². The van der Waals surface area contributed by atoms with Gasteiger partial charge in [-0.2, -0.15) is 5.10 Å². The van der Waals surface area contributed by atoms with E-state index in [9.17, 15) is 14.7 Å². The quantitative estimate of drug-likeness (QED) is 0.417. The van der Waals surface area contributed by atoms with Gasteiger partial charge in [-0.3, -0.25) is 9.59 Å². The number of nitrogens with one attached hydrogen (secondary N) is 1. The Kier molecular flexibility index (Phi) is 4.67. The highest BCUT2D eigenvalue weighted by Crippen LogP contribution is 2.31. The first-order valence-corrected chi connectivity index (χ1v) is 5.44. The van der Waals surface area contributed by atoms with Gasteiger partial charge in [0.2, 0.25) is 0 Å². The van der Waals surface area contributed by atoms with Crippen molar-refractivity contribution >= 4 is 34.0 Å². The molecule has 0 fully saturated rings. The Morgan fingerprint density at radius 1 is 1.56 bits per heavy atom. The van der Waals surface area contributed by atoms with E-state index in [-0.39, 0.29) is 5.75 Å². The number of aromatic hydroxyl groups is 1. The van der Waals surface area contributed by atoms with Gasteiger partial charge in [-0.05, 0) is 28.1 Å². The van der Waals surface area contributed by atoms with E-state index < -0.39 is 11.8 Å². The van der Waals surface area contributed by atoms with Crippen LogP contribution in [-0.4, -0.2) is 30.2 Å². The van der Waals surface area contributed by atoms with Crippen LogP contribution in [0.25, 0.3) is 0 Å². The monoisotopic (exact) mass is 315 g/mol. The third-order valence-corrected chi connectivity index (χ3v) is 2.58. The number of hydrazone groups is 1. The van der Waals surface area contributed by atoms with Gasteiger partial charge in [0.15, 0.2) is 11.5 Å². The van der Waals surface area contributed by atoms with Crippen molar-refractivity contribution in [2.75, 3.05) is 7.11 Å². The summed E-state index contributed by atoms with van der Waals surface area (Å²) in [5, 5.41) is 13.1. The van der Waals surface area contributed by atoms with E-state index in [0.29, 0.717) is 15.8 Å². The van der Waals surface area contributed by atoms with Crippen molar-refractivity contribution in [1.29, 1.82) is 0 Å². The molecule has 18 heavy (non-hydrogen) atoms. The Labute approximate surface area is 111 Å². The van der Waals surface area contributed by atoms with Gasteiger partial charge < -0.3 is 15.6 Å². The largest absolute Gasteiger partial charge is 0.504 e. The standard InChI is InChI=1S/C10H10BrN3O4/c1-18-8-3-6(11)5(2-7(8)15)4-13-14-10(17)9(12)16/h2-4,15H,1H3,(H2,12,16)(H,14,17)/b13-4-. The first-order valence-electron chi connectivity index (χ1n) is 4.65. The molecule has 1 aromatic carbocycles. The molecule has 1 aromatic rings. The average Bonchev–Trinajstić information content (AvgIpc) is 2.32. The number of nitrogens with zero attached hydrogens (tertiary/aromatic N) is 1. The number of hydrogen-bond acceptors (Lipinski definition) is 5. The van der Waals surface area contributed by atoms with Gasteiger partial charge in [-0.15, -0.1) is 0 Å². The Balaban J connectivity index is 2.85. The lowest BCUT2D eigenvalue weighted by molar-refractivity contribution is -0.137. The number of phenolic OH excluding ortho intramolecular Hbond substituents is 1. The Morgan fingerprint density at radius 3 is 2.78 bits per heavy atom. The molecule has 0 atom stereocenters. The van der Waals surface area contributed by atoms with Gasteiger partial charge in [-0.1, -0.05) is 0 Å². The van der Waals surface area contributed by atoms with Crippen LogP contribution in [0.1, 0.15) is 5.56 Å². The third-order valence-electron chi connectivity index (χ3n) is 1.89. The zero-order valence-corrected chi connectivity index (χ0v) is 10.9. The van der Waals surface area contributed by atoms with E-state index in [2.05, 4.69) is 21.0 Å². The number of rotatable bonds is 3. The summed E-state index contributed by atoms with van der Waals surface area (Å²) in [5.41, 5.74) is 7.13. The number of amides is 2. The van der Waals surface area contributed by atoms with Crippen molar-refractivity contribution in [3.8, 4) is 11.5 Å². The summed E-state index contributed by atoms with van der Waals surface area (Å²) in [5.74, 6) is -1.95. The number of ether oxygens (including phenoxy) is 1. The number of carbonyl (C=O) groups excluding carboxylic acids is 2. The molecule has 7 nitrogen and oxygen atoms in total. The molecule has 0 radical (unpaired) electrons. The maximum absolute atomic E-state index is 10.8. The van der Waals surface area contributed by atoms with Crippen LogP contribution in [0.5, 0.6) is 11.5 Å². The molecule has 0 aliphatic carbocycles. The van der Waals surface area contributed by atoms with Crippen LogP contribution in [0.4, 0.5) is 0 Å². The molecule has 8 heteroatoms. The van der Waals surface area contributed by atoms with Crippen LogP contribution >= 0.6 is 15.9 Å². The maximum Gasteiger partial charge on any atom is 0.329 e. The molecule has 0 heterocycles.